The van der Waals surface area contributed by atoms with E-state index < -0.39 is 0 Å². The summed E-state index contributed by atoms with van der Waals surface area (Å²) >= 11 is 0. The summed E-state index contributed by atoms with van der Waals surface area (Å²) in [6.07, 6.45) is 2.15. The Kier molecular flexibility index (Phi) is 5.94. The van der Waals surface area contributed by atoms with E-state index in [4.69, 9.17) is 9.47 Å². The molecule has 0 spiro atoms. The van der Waals surface area contributed by atoms with Crippen LogP contribution in [0.15, 0.2) is 48.5 Å². The number of hydrogen-bond acceptors (Lipinski definition) is 3. The predicted octanol–water partition coefficient (Wildman–Crippen LogP) is 3.52. The van der Waals surface area contributed by atoms with Gasteiger partial charge in [-0.2, -0.15) is 0 Å². The van der Waals surface area contributed by atoms with Gasteiger partial charge in [-0.1, -0.05) is 36.4 Å². The molecule has 1 unspecified atom stereocenters. The van der Waals surface area contributed by atoms with Crippen LogP contribution in [0.4, 0.5) is 0 Å². The summed E-state index contributed by atoms with van der Waals surface area (Å²) in [5, 5.41) is 3.02. The fourth-order valence-corrected chi connectivity index (χ4v) is 3.00. The Labute approximate surface area is 149 Å². The molecule has 2 aromatic carbocycles. The molecule has 0 saturated carbocycles. The van der Waals surface area contributed by atoms with Crippen molar-refractivity contribution in [1.82, 2.24) is 5.32 Å². The molecule has 0 saturated heterocycles. The number of nitrogens with one attached hydrogen (secondary N) is 1. The molecule has 1 aliphatic rings. The number of fused-ring (bicyclic) bond motifs is 1. The maximum Gasteiger partial charge on any atom is 0.220 e. The predicted molar refractivity (Wildman–Crippen MR) is 98.0 cm³/mol. The standard InChI is InChI=1S/C21H25NO3/c1-16-7-2-4-9-19(16)24-12-6-11-21(23)22-14-17-13-18-8-3-5-10-20(18)25-15-17/h2-5,7-10,17H,6,11-15H2,1H3,(H,22,23). The first-order valence-corrected chi connectivity index (χ1v) is 8.88. The molecule has 3 rings (SSSR count). The van der Waals surface area contributed by atoms with Crippen molar-refractivity contribution in [3.8, 4) is 11.5 Å². The number of para-hydroxylation sites is 2. The van der Waals surface area contributed by atoms with Gasteiger partial charge in [0.05, 0.1) is 13.2 Å². The van der Waals surface area contributed by atoms with E-state index in [-0.39, 0.29) is 5.91 Å². The third-order valence-electron chi connectivity index (χ3n) is 4.44. The molecular weight excluding hydrogens is 314 g/mol. The van der Waals surface area contributed by atoms with Gasteiger partial charge in [0, 0.05) is 18.9 Å². The smallest absolute Gasteiger partial charge is 0.220 e. The highest BCUT2D eigenvalue weighted by atomic mass is 16.5. The van der Waals surface area contributed by atoms with Crippen LogP contribution in [0, 0.1) is 12.8 Å². The van der Waals surface area contributed by atoms with Crippen LogP contribution < -0.4 is 14.8 Å². The lowest BCUT2D eigenvalue weighted by atomic mass is 9.97. The van der Waals surface area contributed by atoms with Gasteiger partial charge in [0.15, 0.2) is 0 Å². The van der Waals surface area contributed by atoms with E-state index in [1.165, 1.54) is 5.56 Å². The van der Waals surface area contributed by atoms with Crippen molar-refractivity contribution in [2.75, 3.05) is 19.8 Å². The van der Waals surface area contributed by atoms with Crippen LogP contribution in [0.2, 0.25) is 0 Å². The van der Waals surface area contributed by atoms with Gasteiger partial charge in [-0.05, 0) is 43.0 Å². The molecule has 0 fully saturated rings. The van der Waals surface area contributed by atoms with Gasteiger partial charge in [-0.25, -0.2) is 0 Å². The van der Waals surface area contributed by atoms with E-state index >= 15 is 0 Å². The average Bonchev–Trinajstić information content (AvgIpc) is 2.64. The van der Waals surface area contributed by atoms with Crippen LogP contribution in [-0.2, 0) is 11.2 Å². The first kappa shape index (κ1) is 17.3. The first-order valence-electron chi connectivity index (χ1n) is 8.88. The molecule has 2 aromatic rings. The van der Waals surface area contributed by atoms with E-state index in [1.807, 2.05) is 49.4 Å². The molecule has 0 radical (unpaired) electrons. The summed E-state index contributed by atoms with van der Waals surface area (Å²) < 4.78 is 11.5. The minimum atomic E-state index is 0.0762. The van der Waals surface area contributed by atoms with Gasteiger partial charge in [0.1, 0.15) is 11.5 Å². The lowest BCUT2D eigenvalue weighted by molar-refractivity contribution is -0.121. The maximum absolute atomic E-state index is 12.0. The number of hydrogen-bond donors (Lipinski definition) is 1. The number of aryl methyl sites for hydroxylation is 1. The van der Waals surface area contributed by atoms with Crippen molar-refractivity contribution in [1.29, 1.82) is 0 Å². The third kappa shape index (κ3) is 4.99. The molecule has 0 aromatic heterocycles. The van der Waals surface area contributed by atoms with Crippen LogP contribution in [0.25, 0.3) is 0 Å². The van der Waals surface area contributed by atoms with E-state index in [1.54, 1.807) is 0 Å². The van der Waals surface area contributed by atoms with Crippen molar-refractivity contribution in [3.63, 3.8) is 0 Å². The Balaban J connectivity index is 1.33. The molecule has 0 bridgehead atoms. The van der Waals surface area contributed by atoms with Crippen LogP contribution in [0.3, 0.4) is 0 Å². The summed E-state index contributed by atoms with van der Waals surface area (Å²) in [5.41, 5.74) is 2.34. The Hall–Kier alpha value is -2.49. The summed E-state index contributed by atoms with van der Waals surface area (Å²) in [6.45, 7) is 3.89. The fraction of sp³-hybridized carbons (Fsp3) is 0.381. The van der Waals surface area contributed by atoms with Gasteiger partial charge < -0.3 is 14.8 Å². The van der Waals surface area contributed by atoms with Crippen LogP contribution in [0.1, 0.15) is 24.0 Å². The van der Waals surface area contributed by atoms with E-state index in [0.29, 0.717) is 38.5 Å². The van der Waals surface area contributed by atoms with Crippen molar-refractivity contribution in [2.24, 2.45) is 5.92 Å². The zero-order chi connectivity index (χ0) is 17.5. The van der Waals surface area contributed by atoms with Gasteiger partial charge in [-0.15, -0.1) is 0 Å². The Morgan fingerprint density at radius 2 is 2.00 bits per heavy atom. The molecule has 1 amide bonds. The zero-order valence-electron chi connectivity index (χ0n) is 14.7. The highest BCUT2D eigenvalue weighted by molar-refractivity contribution is 5.75. The molecule has 132 valence electrons. The van der Waals surface area contributed by atoms with E-state index in [2.05, 4.69) is 11.4 Å². The molecule has 1 N–H and O–H groups in total. The summed E-state index contributed by atoms with van der Waals surface area (Å²) in [5.74, 6) is 2.27. The number of ether oxygens (including phenoxy) is 2. The summed E-state index contributed by atoms with van der Waals surface area (Å²) in [6, 6.07) is 16.0. The van der Waals surface area contributed by atoms with Crippen LogP contribution in [-0.4, -0.2) is 25.7 Å². The summed E-state index contributed by atoms with van der Waals surface area (Å²) in [4.78, 5) is 12.0. The number of carbonyl (C=O) groups is 1. The van der Waals surface area contributed by atoms with E-state index in [9.17, 15) is 4.79 Å². The fourth-order valence-electron chi connectivity index (χ4n) is 3.00. The van der Waals surface area contributed by atoms with E-state index in [0.717, 1.165) is 23.5 Å². The number of carbonyl (C=O) groups excluding carboxylic acids is 1. The number of benzene rings is 2. The largest absolute Gasteiger partial charge is 0.493 e. The Morgan fingerprint density at radius 1 is 1.20 bits per heavy atom. The van der Waals surface area contributed by atoms with Gasteiger partial charge in [0.2, 0.25) is 5.91 Å². The van der Waals surface area contributed by atoms with Crippen molar-refractivity contribution in [2.45, 2.75) is 26.2 Å². The normalized spacial score (nSPS) is 15.8. The maximum atomic E-state index is 12.0. The Morgan fingerprint density at radius 3 is 2.88 bits per heavy atom. The molecular formula is C21H25NO3. The lowest BCUT2D eigenvalue weighted by Crippen LogP contribution is -2.34. The zero-order valence-corrected chi connectivity index (χ0v) is 14.7. The molecule has 4 heteroatoms. The first-order chi connectivity index (χ1) is 12.2. The van der Waals surface area contributed by atoms with Crippen molar-refractivity contribution in [3.05, 3.63) is 59.7 Å². The van der Waals surface area contributed by atoms with Gasteiger partial charge in [0.25, 0.3) is 0 Å². The minimum Gasteiger partial charge on any atom is -0.493 e. The SMILES string of the molecule is Cc1ccccc1OCCCC(=O)NCC1COc2ccccc2C1. The molecule has 25 heavy (non-hydrogen) atoms. The molecule has 1 heterocycles. The summed E-state index contributed by atoms with van der Waals surface area (Å²) in [7, 11) is 0. The van der Waals surface area contributed by atoms with Crippen molar-refractivity contribution < 1.29 is 14.3 Å². The molecule has 4 nitrogen and oxygen atoms in total. The lowest BCUT2D eigenvalue weighted by Gasteiger charge is -2.25. The minimum absolute atomic E-state index is 0.0762. The molecule has 1 aliphatic heterocycles. The third-order valence-corrected chi connectivity index (χ3v) is 4.44. The van der Waals surface area contributed by atoms with Crippen LogP contribution >= 0.6 is 0 Å². The van der Waals surface area contributed by atoms with Crippen LogP contribution in [0.5, 0.6) is 11.5 Å². The van der Waals surface area contributed by atoms with Gasteiger partial charge in [-0.3, -0.25) is 4.79 Å². The van der Waals surface area contributed by atoms with Gasteiger partial charge >= 0.3 is 0 Å². The monoisotopic (exact) mass is 339 g/mol. The second-order valence-electron chi connectivity index (χ2n) is 6.51. The number of rotatable bonds is 7. The van der Waals surface area contributed by atoms with Crippen molar-refractivity contribution >= 4 is 5.91 Å². The Bertz CT molecular complexity index is 714. The second-order valence-corrected chi connectivity index (χ2v) is 6.51. The highest BCUT2D eigenvalue weighted by Crippen LogP contribution is 2.26. The topological polar surface area (TPSA) is 47.6 Å². The average molecular weight is 339 g/mol. The molecule has 0 aliphatic carbocycles. The highest BCUT2D eigenvalue weighted by Gasteiger charge is 2.19. The quantitative estimate of drug-likeness (QED) is 0.785. The molecule has 1 atom stereocenters. The number of amides is 1. The second kappa shape index (κ2) is 8.56.